The van der Waals surface area contributed by atoms with Gasteiger partial charge in [0.1, 0.15) is 11.5 Å². The summed E-state index contributed by atoms with van der Waals surface area (Å²) in [5, 5.41) is 0. The van der Waals surface area contributed by atoms with Gasteiger partial charge in [-0.15, -0.1) is 0 Å². The maximum Gasteiger partial charge on any atom is 0.312 e. The number of rotatable bonds is 4. The molecule has 0 unspecified atom stereocenters. The third-order valence-electron chi connectivity index (χ3n) is 5.44. The van der Waals surface area contributed by atoms with Crippen molar-refractivity contribution in [2.45, 2.75) is 31.6 Å². The minimum Gasteiger partial charge on any atom is -0.466 e. The Kier molecular flexibility index (Phi) is 3.49. The molecule has 3 heterocycles. The molecule has 2 fully saturated rings. The molecule has 0 aromatic heterocycles. The molecule has 5 heteroatoms. The third-order valence-corrected chi connectivity index (χ3v) is 5.44. The Bertz CT molecular complexity index is 701. The Morgan fingerprint density at radius 1 is 1.42 bits per heavy atom. The molecular formula is C19H21NO4. The lowest BCUT2D eigenvalue weighted by Gasteiger charge is -2.27. The SMILES string of the molecule is CCOC(=O)[C@H]1[C@@H]2C=C[C@@]3(CN([C@H](C)c4ccccc4)C(=O)[C@H]13)O2. The number of benzene rings is 1. The van der Waals surface area contributed by atoms with Crippen LogP contribution >= 0.6 is 0 Å². The van der Waals surface area contributed by atoms with Crippen molar-refractivity contribution in [2.75, 3.05) is 13.2 Å². The molecule has 4 rings (SSSR count). The second kappa shape index (κ2) is 5.45. The van der Waals surface area contributed by atoms with E-state index < -0.39 is 17.4 Å². The van der Waals surface area contributed by atoms with Gasteiger partial charge in [-0.3, -0.25) is 9.59 Å². The molecule has 0 aliphatic carbocycles. The molecule has 1 aromatic carbocycles. The summed E-state index contributed by atoms with van der Waals surface area (Å²) in [5.74, 6) is -1.36. The van der Waals surface area contributed by atoms with E-state index in [0.717, 1.165) is 5.56 Å². The van der Waals surface area contributed by atoms with Crippen LogP contribution in [0.2, 0.25) is 0 Å². The molecule has 0 radical (unpaired) electrons. The Morgan fingerprint density at radius 3 is 2.88 bits per heavy atom. The first-order valence-corrected chi connectivity index (χ1v) is 8.46. The second-order valence-corrected chi connectivity index (χ2v) is 6.70. The molecule has 126 valence electrons. The van der Waals surface area contributed by atoms with Crippen LogP contribution in [0.25, 0.3) is 0 Å². The molecular weight excluding hydrogens is 306 g/mol. The van der Waals surface area contributed by atoms with Crippen LogP contribution in [0.5, 0.6) is 0 Å². The summed E-state index contributed by atoms with van der Waals surface area (Å²) in [4.78, 5) is 27.3. The number of amides is 1. The normalized spacial score (nSPS) is 34.5. The van der Waals surface area contributed by atoms with Gasteiger partial charge in [0.15, 0.2) is 0 Å². The average Bonchev–Trinajstić information content (AvgIpc) is 3.23. The molecule has 5 atom stereocenters. The molecule has 2 bridgehead atoms. The van der Waals surface area contributed by atoms with Crippen molar-refractivity contribution < 1.29 is 19.1 Å². The van der Waals surface area contributed by atoms with Crippen molar-refractivity contribution >= 4 is 11.9 Å². The van der Waals surface area contributed by atoms with Crippen LogP contribution in [0.15, 0.2) is 42.5 Å². The summed E-state index contributed by atoms with van der Waals surface area (Å²) in [6.45, 7) is 4.58. The predicted molar refractivity (Wildman–Crippen MR) is 86.9 cm³/mol. The maximum absolute atomic E-state index is 13.1. The number of fused-ring (bicyclic) bond motifs is 1. The lowest BCUT2D eigenvalue weighted by atomic mass is 9.77. The zero-order chi connectivity index (χ0) is 16.9. The van der Waals surface area contributed by atoms with Crippen LogP contribution in [0.3, 0.4) is 0 Å². The van der Waals surface area contributed by atoms with Crippen molar-refractivity contribution in [3.8, 4) is 0 Å². The summed E-state index contributed by atoms with van der Waals surface area (Å²) in [7, 11) is 0. The largest absolute Gasteiger partial charge is 0.466 e. The molecule has 1 amide bonds. The van der Waals surface area contributed by atoms with Crippen molar-refractivity contribution in [3.05, 3.63) is 48.0 Å². The quantitative estimate of drug-likeness (QED) is 0.628. The number of likely N-dealkylation sites (tertiary alicyclic amines) is 1. The topological polar surface area (TPSA) is 55.8 Å². The number of nitrogens with zero attached hydrogens (tertiary/aromatic N) is 1. The molecule has 0 saturated carbocycles. The van der Waals surface area contributed by atoms with Crippen LogP contribution in [0.1, 0.15) is 25.5 Å². The van der Waals surface area contributed by atoms with Crippen LogP contribution in [-0.2, 0) is 19.1 Å². The molecule has 3 aliphatic heterocycles. The smallest absolute Gasteiger partial charge is 0.312 e. The molecule has 1 spiro atoms. The standard InChI is InChI=1S/C19H21NO4/c1-3-23-18(22)15-14-9-10-19(24-14)11-20(17(21)16(15)19)12(2)13-7-5-4-6-8-13/h4-10,12,14-16H,3,11H2,1-2H3/t12-,14+,15+,16+,19+/m1/s1. The maximum atomic E-state index is 13.1. The zero-order valence-corrected chi connectivity index (χ0v) is 13.8. The number of ether oxygens (including phenoxy) is 2. The van der Waals surface area contributed by atoms with E-state index >= 15 is 0 Å². The first kappa shape index (κ1) is 15.4. The second-order valence-electron chi connectivity index (χ2n) is 6.70. The summed E-state index contributed by atoms with van der Waals surface area (Å²) in [5.41, 5.74) is 0.399. The Hall–Kier alpha value is -2.14. The average molecular weight is 327 g/mol. The molecule has 0 N–H and O–H groups in total. The van der Waals surface area contributed by atoms with E-state index in [1.807, 2.05) is 54.3 Å². The van der Waals surface area contributed by atoms with E-state index in [-0.39, 0.29) is 24.0 Å². The highest BCUT2D eigenvalue weighted by Crippen LogP contribution is 2.53. The Labute approximate surface area is 141 Å². The molecule has 2 saturated heterocycles. The van der Waals surface area contributed by atoms with Crippen LogP contribution in [-0.4, -0.2) is 41.6 Å². The number of carbonyl (C=O) groups is 2. The first-order chi connectivity index (χ1) is 11.6. The van der Waals surface area contributed by atoms with Crippen molar-refractivity contribution in [1.29, 1.82) is 0 Å². The molecule has 3 aliphatic rings. The number of hydrogen-bond acceptors (Lipinski definition) is 4. The van der Waals surface area contributed by atoms with Gasteiger partial charge in [0.05, 0.1) is 31.2 Å². The summed E-state index contributed by atoms with van der Waals surface area (Å²) >= 11 is 0. The minimum atomic E-state index is -0.678. The Balaban J connectivity index is 1.64. The molecule has 24 heavy (non-hydrogen) atoms. The monoisotopic (exact) mass is 327 g/mol. The summed E-state index contributed by atoms with van der Waals surface area (Å²) in [6.07, 6.45) is 3.53. The highest BCUT2D eigenvalue weighted by Gasteiger charge is 2.67. The van der Waals surface area contributed by atoms with Crippen molar-refractivity contribution in [2.24, 2.45) is 11.8 Å². The highest BCUT2D eigenvalue weighted by molar-refractivity contribution is 5.91. The number of hydrogen-bond donors (Lipinski definition) is 0. The fourth-order valence-electron chi connectivity index (χ4n) is 4.27. The Morgan fingerprint density at radius 2 is 2.17 bits per heavy atom. The van der Waals surface area contributed by atoms with E-state index in [0.29, 0.717) is 13.2 Å². The van der Waals surface area contributed by atoms with Gasteiger partial charge >= 0.3 is 5.97 Å². The number of carbonyl (C=O) groups excluding carboxylic acids is 2. The predicted octanol–water partition coefficient (Wildman–Crippen LogP) is 2.09. The molecule has 5 nitrogen and oxygen atoms in total. The van der Waals surface area contributed by atoms with Gasteiger partial charge in [0.25, 0.3) is 0 Å². The third kappa shape index (κ3) is 2.04. The van der Waals surface area contributed by atoms with Gasteiger partial charge in [-0.1, -0.05) is 42.5 Å². The fraction of sp³-hybridized carbons (Fsp3) is 0.474. The zero-order valence-electron chi connectivity index (χ0n) is 13.8. The van der Waals surface area contributed by atoms with Gasteiger partial charge in [-0.2, -0.15) is 0 Å². The van der Waals surface area contributed by atoms with Crippen molar-refractivity contribution in [1.82, 2.24) is 4.90 Å². The van der Waals surface area contributed by atoms with Crippen LogP contribution in [0.4, 0.5) is 0 Å². The lowest BCUT2D eigenvalue weighted by Crippen LogP contribution is -2.40. The lowest BCUT2D eigenvalue weighted by molar-refractivity contribution is -0.153. The van der Waals surface area contributed by atoms with E-state index in [1.165, 1.54) is 0 Å². The van der Waals surface area contributed by atoms with Crippen molar-refractivity contribution in [3.63, 3.8) is 0 Å². The molecule has 1 aromatic rings. The first-order valence-electron chi connectivity index (χ1n) is 8.46. The highest BCUT2D eigenvalue weighted by atomic mass is 16.6. The fourth-order valence-corrected chi connectivity index (χ4v) is 4.27. The van der Waals surface area contributed by atoms with Crippen LogP contribution < -0.4 is 0 Å². The van der Waals surface area contributed by atoms with Gasteiger partial charge in [0.2, 0.25) is 5.91 Å². The van der Waals surface area contributed by atoms with E-state index in [1.54, 1.807) is 6.92 Å². The van der Waals surface area contributed by atoms with E-state index in [2.05, 4.69) is 0 Å². The van der Waals surface area contributed by atoms with E-state index in [4.69, 9.17) is 9.47 Å². The van der Waals surface area contributed by atoms with Gasteiger partial charge < -0.3 is 14.4 Å². The minimum absolute atomic E-state index is 0.0174. The number of esters is 1. The summed E-state index contributed by atoms with van der Waals surface area (Å²) in [6, 6.07) is 9.86. The van der Waals surface area contributed by atoms with E-state index in [9.17, 15) is 9.59 Å². The van der Waals surface area contributed by atoms with Crippen LogP contribution in [0, 0.1) is 11.8 Å². The van der Waals surface area contributed by atoms with Gasteiger partial charge in [-0.25, -0.2) is 0 Å². The van der Waals surface area contributed by atoms with Gasteiger partial charge in [-0.05, 0) is 19.4 Å². The summed E-state index contributed by atoms with van der Waals surface area (Å²) < 4.78 is 11.3. The van der Waals surface area contributed by atoms with Gasteiger partial charge in [0, 0.05) is 0 Å².